The molecule has 94 valence electrons. The molecule has 0 bridgehead atoms. The molecule has 1 aromatic rings. The molecule has 0 radical (unpaired) electrons. The molecule has 0 aliphatic rings. The van der Waals surface area contributed by atoms with Crippen LogP contribution in [0.5, 0.6) is 5.75 Å². The lowest BCUT2D eigenvalue weighted by Crippen LogP contribution is -2.12. The van der Waals surface area contributed by atoms with Crippen molar-refractivity contribution in [3.05, 3.63) is 28.8 Å². The van der Waals surface area contributed by atoms with E-state index in [9.17, 15) is 9.90 Å². The van der Waals surface area contributed by atoms with Gasteiger partial charge in [-0.25, -0.2) is 0 Å². The minimum atomic E-state index is -0.0657. The first kappa shape index (κ1) is 13.7. The fourth-order valence-electron chi connectivity index (χ4n) is 1.97. The molecule has 1 aromatic carbocycles. The number of hydrogen-bond donors (Lipinski definition) is 2. The molecule has 3 heteroatoms. The normalized spacial score (nSPS) is 10.9. The Morgan fingerprint density at radius 3 is 2.53 bits per heavy atom. The Morgan fingerprint density at radius 2 is 2.06 bits per heavy atom. The van der Waals surface area contributed by atoms with Crippen molar-refractivity contribution in [2.75, 3.05) is 6.54 Å². The molecular weight excluding hydrogens is 214 g/mol. The molecule has 3 nitrogen and oxygen atoms in total. The zero-order valence-electron chi connectivity index (χ0n) is 10.8. The van der Waals surface area contributed by atoms with Crippen molar-refractivity contribution in [3.8, 4) is 5.75 Å². The first-order chi connectivity index (χ1) is 8.02. The topological polar surface area (TPSA) is 63.3 Å². The summed E-state index contributed by atoms with van der Waals surface area (Å²) in [6.07, 6.45) is 0.994. The molecule has 0 aliphatic heterocycles. The maximum Gasteiger partial charge on any atom is 0.168 e. The van der Waals surface area contributed by atoms with Gasteiger partial charge in [-0.1, -0.05) is 32.9 Å². The maximum absolute atomic E-state index is 12.0. The Hall–Kier alpha value is -1.35. The summed E-state index contributed by atoms with van der Waals surface area (Å²) in [6, 6.07) is 3.83. The second-order valence-corrected chi connectivity index (χ2v) is 4.51. The standard InChI is InChI=1S/C14H21NO2/c1-4-10-5-6-11(9(2)3)13(14(10)17)12(16)7-8-15/h5-6,9,17H,4,7-8,15H2,1-3H3. The highest BCUT2D eigenvalue weighted by Gasteiger charge is 2.19. The van der Waals surface area contributed by atoms with Crippen molar-refractivity contribution in [2.24, 2.45) is 5.73 Å². The quantitative estimate of drug-likeness (QED) is 0.771. The molecule has 17 heavy (non-hydrogen) atoms. The van der Waals surface area contributed by atoms with Gasteiger partial charge in [0.05, 0.1) is 5.56 Å². The zero-order valence-corrected chi connectivity index (χ0v) is 10.8. The van der Waals surface area contributed by atoms with Crippen LogP contribution in [-0.2, 0) is 6.42 Å². The fourth-order valence-corrected chi connectivity index (χ4v) is 1.97. The van der Waals surface area contributed by atoms with Crippen LogP contribution in [0.2, 0.25) is 0 Å². The number of phenolic OH excluding ortho intramolecular Hbond substituents is 1. The summed E-state index contributed by atoms with van der Waals surface area (Å²) in [5.41, 5.74) is 7.59. The highest BCUT2D eigenvalue weighted by atomic mass is 16.3. The number of nitrogens with two attached hydrogens (primary N) is 1. The van der Waals surface area contributed by atoms with E-state index in [1.165, 1.54) is 0 Å². The molecule has 1 rings (SSSR count). The second kappa shape index (κ2) is 5.82. The number of Topliss-reactive ketones (excluding diaryl/α,β-unsaturated/α-hetero) is 1. The largest absolute Gasteiger partial charge is 0.507 e. The van der Waals surface area contributed by atoms with Crippen LogP contribution in [0.1, 0.15) is 54.6 Å². The van der Waals surface area contributed by atoms with Gasteiger partial charge in [-0.2, -0.15) is 0 Å². The molecule has 0 amide bonds. The number of ketones is 1. The first-order valence-corrected chi connectivity index (χ1v) is 6.10. The average Bonchev–Trinajstić information content (AvgIpc) is 2.28. The Kier molecular flexibility index (Phi) is 4.70. The first-order valence-electron chi connectivity index (χ1n) is 6.10. The number of aromatic hydroxyl groups is 1. The summed E-state index contributed by atoms with van der Waals surface area (Å²) in [5.74, 6) is 0.282. The van der Waals surface area contributed by atoms with Crippen LogP contribution < -0.4 is 5.73 Å². The minimum Gasteiger partial charge on any atom is -0.507 e. The lowest BCUT2D eigenvalue weighted by atomic mass is 9.90. The lowest BCUT2D eigenvalue weighted by molar-refractivity contribution is 0.0981. The van der Waals surface area contributed by atoms with E-state index in [1.54, 1.807) is 0 Å². The van der Waals surface area contributed by atoms with Gasteiger partial charge in [0.25, 0.3) is 0 Å². The van der Waals surface area contributed by atoms with Crippen LogP contribution in [0, 0.1) is 0 Å². The van der Waals surface area contributed by atoms with E-state index in [0.29, 0.717) is 18.5 Å². The number of benzene rings is 1. The third-order valence-electron chi connectivity index (χ3n) is 2.95. The van der Waals surface area contributed by atoms with Gasteiger partial charge in [-0.15, -0.1) is 0 Å². The minimum absolute atomic E-state index is 0.0657. The molecule has 0 spiro atoms. The van der Waals surface area contributed by atoms with E-state index in [0.717, 1.165) is 11.1 Å². The highest BCUT2D eigenvalue weighted by molar-refractivity contribution is 6.00. The van der Waals surface area contributed by atoms with Crippen molar-refractivity contribution >= 4 is 5.78 Å². The summed E-state index contributed by atoms with van der Waals surface area (Å²) in [4.78, 5) is 12.0. The van der Waals surface area contributed by atoms with Crippen molar-refractivity contribution in [1.29, 1.82) is 0 Å². The SMILES string of the molecule is CCc1ccc(C(C)C)c(C(=O)CCN)c1O. The van der Waals surface area contributed by atoms with Crippen LogP contribution in [-0.4, -0.2) is 17.4 Å². The number of carbonyl (C=O) groups is 1. The Bertz CT molecular complexity index is 411. The van der Waals surface area contributed by atoms with Crippen LogP contribution in [0.3, 0.4) is 0 Å². The molecule has 3 N–H and O–H groups in total. The fraction of sp³-hybridized carbons (Fsp3) is 0.500. The van der Waals surface area contributed by atoms with Crippen molar-refractivity contribution in [2.45, 2.75) is 39.5 Å². The zero-order chi connectivity index (χ0) is 13.0. The summed E-state index contributed by atoms with van der Waals surface area (Å²) in [6.45, 7) is 6.30. The summed E-state index contributed by atoms with van der Waals surface area (Å²) < 4.78 is 0. The predicted octanol–water partition coefficient (Wildman–Crippen LogP) is 2.61. The monoisotopic (exact) mass is 235 g/mol. The van der Waals surface area contributed by atoms with Gasteiger partial charge >= 0.3 is 0 Å². The van der Waals surface area contributed by atoms with Gasteiger partial charge in [-0.05, 0) is 30.0 Å². The van der Waals surface area contributed by atoms with Crippen molar-refractivity contribution < 1.29 is 9.90 Å². The second-order valence-electron chi connectivity index (χ2n) is 4.51. The predicted molar refractivity (Wildman–Crippen MR) is 69.6 cm³/mol. The van der Waals surface area contributed by atoms with Gasteiger partial charge in [-0.3, -0.25) is 4.79 Å². The Balaban J connectivity index is 3.34. The van der Waals surface area contributed by atoms with E-state index in [2.05, 4.69) is 0 Å². The molecule has 0 saturated carbocycles. The van der Waals surface area contributed by atoms with Crippen LogP contribution >= 0.6 is 0 Å². The molecule has 0 fully saturated rings. The van der Waals surface area contributed by atoms with Gasteiger partial charge in [0, 0.05) is 6.42 Å². The summed E-state index contributed by atoms with van der Waals surface area (Å²) >= 11 is 0. The van der Waals surface area contributed by atoms with E-state index >= 15 is 0 Å². The molecule has 0 heterocycles. The van der Waals surface area contributed by atoms with Crippen LogP contribution in [0.4, 0.5) is 0 Å². The number of rotatable bonds is 5. The van der Waals surface area contributed by atoms with Crippen molar-refractivity contribution in [1.82, 2.24) is 0 Å². The molecule has 0 aliphatic carbocycles. The third-order valence-corrected chi connectivity index (χ3v) is 2.95. The summed E-state index contributed by atoms with van der Waals surface area (Å²) in [5, 5.41) is 10.2. The van der Waals surface area contributed by atoms with Crippen LogP contribution in [0.15, 0.2) is 12.1 Å². The Labute approximate surface area is 103 Å². The van der Waals surface area contributed by atoms with E-state index in [1.807, 2.05) is 32.9 Å². The third kappa shape index (κ3) is 2.86. The Morgan fingerprint density at radius 1 is 1.41 bits per heavy atom. The van der Waals surface area contributed by atoms with Gasteiger partial charge in [0.15, 0.2) is 5.78 Å². The van der Waals surface area contributed by atoms with E-state index in [4.69, 9.17) is 5.73 Å². The average molecular weight is 235 g/mol. The van der Waals surface area contributed by atoms with Gasteiger partial charge < -0.3 is 10.8 Å². The van der Waals surface area contributed by atoms with Gasteiger partial charge in [0.1, 0.15) is 5.75 Å². The molecular formula is C14H21NO2. The van der Waals surface area contributed by atoms with Gasteiger partial charge in [0.2, 0.25) is 0 Å². The number of carbonyl (C=O) groups excluding carboxylic acids is 1. The lowest BCUT2D eigenvalue weighted by Gasteiger charge is -2.15. The smallest absolute Gasteiger partial charge is 0.168 e. The number of hydrogen-bond acceptors (Lipinski definition) is 3. The maximum atomic E-state index is 12.0. The number of aryl methyl sites for hydroxylation is 1. The molecule has 0 unspecified atom stereocenters. The number of phenols is 1. The molecule has 0 saturated heterocycles. The van der Waals surface area contributed by atoms with Crippen LogP contribution in [0.25, 0.3) is 0 Å². The molecule has 0 atom stereocenters. The molecule has 0 aromatic heterocycles. The van der Waals surface area contributed by atoms with E-state index in [-0.39, 0.29) is 23.9 Å². The van der Waals surface area contributed by atoms with E-state index < -0.39 is 0 Å². The highest BCUT2D eigenvalue weighted by Crippen LogP contribution is 2.31. The summed E-state index contributed by atoms with van der Waals surface area (Å²) in [7, 11) is 0. The van der Waals surface area contributed by atoms with Crippen molar-refractivity contribution in [3.63, 3.8) is 0 Å².